The molecule has 4 heteroatoms. The Balaban J connectivity index is -0.00000171. The second-order valence-corrected chi connectivity index (χ2v) is 15.8. The molecular weight excluding hydrogens is 522 g/mol. The van der Waals surface area contributed by atoms with Crippen molar-refractivity contribution in [3.63, 3.8) is 0 Å². The lowest BCUT2D eigenvalue weighted by Crippen LogP contribution is -2.13. The van der Waals surface area contributed by atoms with Gasteiger partial charge in [0, 0.05) is 7.26 Å². The van der Waals surface area contributed by atoms with E-state index in [2.05, 4.69) is 27.7 Å². The maximum Gasteiger partial charge on any atom is 0.0594 e. The van der Waals surface area contributed by atoms with Crippen molar-refractivity contribution in [3.8, 4) is 0 Å². The van der Waals surface area contributed by atoms with Gasteiger partial charge in [-0.25, -0.2) is 0 Å². The van der Waals surface area contributed by atoms with Crippen molar-refractivity contribution in [2.45, 2.75) is 182 Å². The van der Waals surface area contributed by atoms with Crippen LogP contribution >= 0.6 is 44.5 Å². The maximum absolute atomic E-state index is 2.37. The third-order valence-corrected chi connectivity index (χ3v) is 13.0. The van der Waals surface area contributed by atoms with Gasteiger partial charge in [0.25, 0.3) is 0 Å². The van der Waals surface area contributed by atoms with E-state index in [9.17, 15) is 0 Å². The summed E-state index contributed by atoms with van der Waals surface area (Å²) in [5, 5.41) is 0. The van der Waals surface area contributed by atoms with Gasteiger partial charge in [0.15, 0.2) is 0 Å². The largest absolute Gasteiger partial charge is 0.147 e. The maximum atomic E-state index is 2.37. The van der Waals surface area contributed by atoms with Gasteiger partial charge in [-0.2, -0.15) is 0 Å². The number of hydrogen-bond acceptors (Lipinski definition) is 0. The Morgan fingerprint density at radius 3 is 0.639 bits per heavy atom. The molecule has 0 fully saturated rings. The first kappa shape index (κ1) is 44.3. The molecule has 0 radical (unpaired) electrons. The molecule has 0 aliphatic heterocycles. The van der Waals surface area contributed by atoms with Gasteiger partial charge >= 0.3 is 0 Å². The van der Waals surface area contributed by atoms with Crippen molar-refractivity contribution in [1.82, 2.24) is 0 Å². The molecular formula is C32H71Cl3P+. The Morgan fingerprint density at radius 1 is 0.250 bits per heavy atom. The Hall–Kier alpha value is 1.30. The minimum atomic E-state index is -0.697. The van der Waals surface area contributed by atoms with E-state index in [1.807, 2.05) is 0 Å². The number of hydrogen-bond donors (Lipinski definition) is 0. The second kappa shape index (κ2) is 36.3. The molecule has 0 nitrogen and oxygen atoms in total. The smallest absolute Gasteiger partial charge is 0.0594 e. The highest BCUT2D eigenvalue weighted by Gasteiger charge is 2.34. The SMILES string of the molecule is CCCCCCCCCCCCCC[P+](CCCCCC)(CCCCCC)CCCCCC.Cl.Cl.Cl. The predicted octanol–water partition coefficient (Wildman–Crippen LogP) is 13.7. The molecule has 0 aromatic heterocycles. The van der Waals surface area contributed by atoms with Crippen LogP contribution in [-0.2, 0) is 0 Å². The van der Waals surface area contributed by atoms with Gasteiger partial charge in [0.05, 0.1) is 24.6 Å². The summed E-state index contributed by atoms with van der Waals surface area (Å²) < 4.78 is 0. The van der Waals surface area contributed by atoms with E-state index in [1.54, 1.807) is 50.3 Å². The van der Waals surface area contributed by atoms with Crippen molar-refractivity contribution >= 4 is 44.5 Å². The molecule has 0 aromatic rings. The molecule has 0 heterocycles. The molecule has 0 amide bonds. The zero-order valence-electron chi connectivity index (χ0n) is 25.5. The fraction of sp³-hybridized carbons (Fsp3) is 1.00. The van der Waals surface area contributed by atoms with E-state index < -0.39 is 7.26 Å². The van der Waals surface area contributed by atoms with Gasteiger partial charge in [0.2, 0.25) is 0 Å². The van der Waals surface area contributed by atoms with E-state index in [4.69, 9.17) is 0 Å². The molecule has 224 valence electrons. The number of halogens is 3. The highest BCUT2D eigenvalue weighted by molar-refractivity contribution is 7.75. The summed E-state index contributed by atoms with van der Waals surface area (Å²) in [6.07, 6.45) is 42.1. The summed E-state index contributed by atoms with van der Waals surface area (Å²) in [5.41, 5.74) is 0. The molecule has 0 saturated heterocycles. The molecule has 0 rings (SSSR count). The van der Waals surface area contributed by atoms with Crippen LogP contribution in [0.1, 0.15) is 182 Å². The van der Waals surface area contributed by atoms with Gasteiger partial charge in [-0.1, -0.05) is 130 Å². The van der Waals surface area contributed by atoms with Crippen LogP contribution in [-0.4, -0.2) is 24.6 Å². The minimum Gasteiger partial charge on any atom is -0.147 e. The topological polar surface area (TPSA) is 0 Å². The summed E-state index contributed by atoms with van der Waals surface area (Å²) >= 11 is 0. The summed E-state index contributed by atoms with van der Waals surface area (Å²) in [4.78, 5) is 0. The Labute approximate surface area is 250 Å². The van der Waals surface area contributed by atoms with Crippen molar-refractivity contribution in [2.24, 2.45) is 0 Å². The van der Waals surface area contributed by atoms with E-state index in [0.717, 1.165) is 0 Å². The fourth-order valence-corrected chi connectivity index (χ4v) is 10.5. The van der Waals surface area contributed by atoms with Crippen LogP contribution in [0.4, 0.5) is 0 Å². The van der Waals surface area contributed by atoms with Gasteiger partial charge in [-0.3, -0.25) is 0 Å². The van der Waals surface area contributed by atoms with Crippen LogP contribution in [0.25, 0.3) is 0 Å². The molecule has 36 heavy (non-hydrogen) atoms. The minimum absolute atomic E-state index is 0. The van der Waals surface area contributed by atoms with E-state index in [0.29, 0.717) is 0 Å². The van der Waals surface area contributed by atoms with Crippen molar-refractivity contribution in [1.29, 1.82) is 0 Å². The molecule has 0 bridgehead atoms. The van der Waals surface area contributed by atoms with Crippen LogP contribution in [0.5, 0.6) is 0 Å². The van der Waals surface area contributed by atoms with Crippen LogP contribution in [0, 0.1) is 0 Å². The first-order valence-corrected chi connectivity index (χ1v) is 18.6. The van der Waals surface area contributed by atoms with Crippen LogP contribution < -0.4 is 0 Å². The molecule has 0 unspecified atom stereocenters. The first-order valence-electron chi connectivity index (χ1n) is 16.1. The summed E-state index contributed by atoms with van der Waals surface area (Å²) in [6.45, 7) is 9.41. The lowest BCUT2D eigenvalue weighted by atomic mass is 10.1. The summed E-state index contributed by atoms with van der Waals surface area (Å²) in [7, 11) is -0.697. The highest BCUT2D eigenvalue weighted by atomic mass is 35.5. The quantitative estimate of drug-likeness (QED) is 0.0626. The average Bonchev–Trinajstić information content (AvgIpc) is 2.83. The molecule has 0 spiro atoms. The van der Waals surface area contributed by atoms with Crippen molar-refractivity contribution in [2.75, 3.05) is 24.6 Å². The van der Waals surface area contributed by atoms with Crippen LogP contribution in [0.2, 0.25) is 0 Å². The van der Waals surface area contributed by atoms with Crippen molar-refractivity contribution < 1.29 is 0 Å². The molecule has 0 aliphatic rings. The molecule has 0 saturated carbocycles. The third-order valence-electron chi connectivity index (χ3n) is 7.94. The Bertz CT molecular complexity index is 334. The van der Waals surface area contributed by atoms with Crippen LogP contribution in [0.3, 0.4) is 0 Å². The van der Waals surface area contributed by atoms with Crippen molar-refractivity contribution in [3.05, 3.63) is 0 Å². The number of unbranched alkanes of at least 4 members (excludes halogenated alkanes) is 20. The Kier molecular flexibility index (Phi) is 44.7. The molecule has 0 aromatic carbocycles. The standard InChI is InChI=1S/C32H68P.3ClH/c1-5-9-13-17-18-19-20-21-22-23-24-28-32-33(29-25-14-10-6-2,30-26-15-11-7-3)31-27-16-12-8-4;;;/h5-32H2,1-4H3;3*1H/q+1;;;. The summed E-state index contributed by atoms with van der Waals surface area (Å²) in [5.74, 6) is 0. The molecule has 0 atom stereocenters. The predicted molar refractivity (Wildman–Crippen MR) is 182 cm³/mol. The lowest BCUT2D eigenvalue weighted by Gasteiger charge is -2.28. The molecule has 0 aliphatic carbocycles. The number of rotatable bonds is 28. The van der Waals surface area contributed by atoms with E-state index in [1.165, 1.54) is 128 Å². The normalized spacial score (nSPS) is 11.0. The Morgan fingerprint density at radius 2 is 0.417 bits per heavy atom. The first-order chi connectivity index (χ1) is 16.2. The van der Waals surface area contributed by atoms with Gasteiger partial charge in [-0.05, 0) is 51.4 Å². The highest BCUT2D eigenvalue weighted by Crippen LogP contribution is 2.61. The van der Waals surface area contributed by atoms with E-state index >= 15 is 0 Å². The van der Waals surface area contributed by atoms with Gasteiger partial charge in [0.1, 0.15) is 0 Å². The average molecular weight is 593 g/mol. The fourth-order valence-electron chi connectivity index (χ4n) is 5.58. The molecule has 0 N–H and O–H groups in total. The van der Waals surface area contributed by atoms with Gasteiger partial charge < -0.3 is 0 Å². The second-order valence-electron chi connectivity index (χ2n) is 11.3. The zero-order valence-corrected chi connectivity index (χ0v) is 28.8. The monoisotopic (exact) mass is 591 g/mol. The summed E-state index contributed by atoms with van der Waals surface area (Å²) in [6, 6.07) is 0. The van der Waals surface area contributed by atoms with Gasteiger partial charge in [-0.15, -0.1) is 37.2 Å². The van der Waals surface area contributed by atoms with E-state index in [-0.39, 0.29) is 37.2 Å². The third kappa shape index (κ3) is 29.9. The van der Waals surface area contributed by atoms with Crippen LogP contribution in [0.15, 0.2) is 0 Å². The zero-order chi connectivity index (χ0) is 24.3. The lowest BCUT2D eigenvalue weighted by molar-refractivity contribution is 0.548.